The first-order valence-corrected chi connectivity index (χ1v) is 9.40. The smallest absolute Gasteiger partial charge is 0.238 e. The number of carbonyl (C=O) groups excluding carboxylic acids is 1. The molecule has 0 aromatic carbocycles. The van der Waals surface area contributed by atoms with Gasteiger partial charge in [0, 0.05) is 19.1 Å². The van der Waals surface area contributed by atoms with E-state index in [1.807, 2.05) is 14.1 Å². The first-order chi connectivity index (χ1) is 9.64. The van der Waals surface area contributed by atoms with Crippen LogP contribution in [-0.2, 0) is 14.8 Å². The van der Waals surface area contributed by atoms with Crippen molar-refractivity contribution in [2.45, 2.75) is 45.2 Å². The number of nitrogens with one attached hydrogen (secondary N) is 1. The summed E-state index contributed by atoms with van der Waals surface area (Å²) in [5.41, 5.74) is 0. The van der Waals surface area contributed by atoms with Gasteiger partial charge >= 0.3 is 0 Å². The molecule has 1 aliphatic heterocycles. The average molecular weight is 319 g/mol. The highest BCUT2D eigenvalue weighted by Gasteiger charge is 2.34. The van der Waals surface area contributed by atoms with Gasteiger partial charge in [0.15, 0.2) is 0 Å². The summed E-state index contributed by atoms with van der Waals surface area (Å²) in [6, 6.07) is -0.312. The van der Waals surface area contributed by atoms with Crippen molar-refractivity contribution >= 4 is 15.9 Å². The summed E-state index contributed by atoms with van der Waals surface area (Å²) in [6.45, 7) is 5.20. The summed E-state index contributed by atoms with van der Waals surface area (Å²) < 4.78 is 24.9. The third-order valence-corrected chi connectivity index (χ3v) is 5.39. The van der Waals surface area contributed by atoms with Crippen LogP contribution in [0.3, 0.4) is 0 Å². The van der Waals surface area contributed by atoms with Gasteiger partial charge in [0.2, 0.25) is 15.9 Å². The standard InChI is InChI=1S/C14H29N3O3S/c1-11(2)13(16(3)4)10-15-14(18)12-8-6-7-9-17(12)21(5,19)20/h11-13H,6-10H2,1-5H3,(H,15,18)/t12-,13+/m0/s1. The van der Waals surface area contributed by atoms with Crippen LogP contribution >= 0.6 is 0 Å². The van der Waals surface area contributed by atoms with E-state index in [1.54, 1.807) is 0 Å². The minimum absolute atomic E-state index is 0.173. The van der Waals surface area contributed by atoms with Crippen LogP contribution in [0.4, 0.5) is 0 Å². The van der Waals surface area contributed by atoms with Crippen molar-refractivity contribution in [2.24, 2.45) is 5.92 Å². The number of nitrogens with zero attached hydrogens (tertiary/aromatic N) is 2. The van der Waals surface area contributed by atoms with E-state index >= 15 is 0 Å². The van der Waals surface area contributed by atoms with E-state index in [-0.39, 0.29) is 11.9 Å². The highest BCUT2D eigenvalue weighted by molar-refractivity contribution is 7.88. The van der Waals surface area contributed by atoms with Crippen molar-refractivity contribution in [3.05, 3.63) is 0 Å². The first kappa shape index (κ1) is 18.4. The van der Waals surface area contributed by atoms with Crippen LogP contribution in [0.2, 0.25) is 0 Å². The summed E-state index contributed by atoms with van der Waals surface area (Å²) in [5, 5.41) is 2.93. The van der Waals surface area contributed by atoms with Gasteiger partial charge in [-0.25, -0.2) is 8.42 Å². The highest BCUT2D eigenvalue weighted by Crippen LogP contribution is 2.20. The minimum Gasteiger partial charge on any atom is -0.353 e. The Morgan fingerprint density at radius 1 is 1.33 bits per heavy atom. The maximum absolute atomic E-state index is 12.4. The maximum Gasteiger partial charge on any atom is 0.238 e. The van der Waals surface area contributed by atoms with Crippen molar-refractivity contribution in [1.29, 1.82) is 0 Å². The molecule has 1 fully saturated rings. The Kier molecular flexibility index (Phi) is 6.62. The molecular weight excluding hydrogens is 290 g/mol. The van der Waals surface area contributed by atoms with Gasteiger partial charge in [0.05, 0.1) is 6.26 Å². The molecule has 0 aliphatic carbocycles. The largest absolute Gasteiger partial charge is 0.353 e. The molecule has 1 saturated heterocycles. The number of sulfonamides is 1. The lowest BCUT2D eigenvalue weighted by Crippen LogP contribution is -2.53. The third-order valence-electron chi connectivity index (χ3n) is 4.10. The Morgan fingerprint density at radius 2 is 1.95 bits per heavy atom. The number of amides is 1. The van der Waals surface area contributed by atoms with Gasteiger partial charge in [-0.15, -0.1) is 0 Å². The molecular formula is C14H29N3O3S. The molecule has 1 amide bonds. The predicted molar refractivity (Wildman–Crippen MR) is 84.5 cm³/mol. The monoisotopic (exact) mass is 319 g/mol. The molecule has 6 nitrogen and oxygen atoms in total. The van der Waals surface area contributed by atoms with E-state index < -0.39 is 16.1 Å². The second-order valence-electron chi connectivity index (χ2n) is 6.41. The summed E-state index contributed by atoms with van der Waals surface area (Å²) in [7, 11) is 0.643. The molecule has 1 rings (SSSR count). The maximum atomic E-state index is 12.4. The molecule has 1 N–H and O–H groups in total. The lowest BCUT2D eigenvalue weighted by Gasteiger charge is -2.34. The summed E-state index contributed by atoms with van der Waals surface area (Å²) in [5.74, 6) is 0.241. The van der Waals surface area contributed by atoms with Gasteiger partial charge in [0.25, 0.3) is 0 Å². The quantitative estimate of drug-likeness (QED) is 0.774. The average Bonchev–Trinajstić information content (AvgIpc) is 2.36. The predicted octanol–water partition coefficient (Wildman–Crippen LogP) is 0.503. The van der Waals surface area contributed by atoms with Crippen LogP contribution in [0.25, 0.3) is 0 Å². The van der Waals surface area contributed by atoms with E-state index in [4.69, 9.17) is 0 Å². The van der Waals surface area contributed by atoms with Crippen LogP contribution in [0, 0.1) is 5.92 Å². The zero-order chi connectivity index (χ0) is 16.2. The second kappa shape index (κ2) is 7.56. The Balaban J connectivity index is 2.69. The molecule has 0 unspecified atom stereocenters. The fourth-order valence-corrected chi connectivity index (χ4v) is 4.03. The number of rotatable bonds is 6. The Labute approximate surface area is 128 Å². The van der Waals surface area contributed by atoms with E-state index in [1.165, 1.54) is 10.6 Å². The van der Waals surface area contributed by atoms with Gasteiger partial charge < -0.3 is 10.2 Å². The number of hydrogen-bond acceptors (Lipinski definition) is 4. The molecule has 7 heteroatoms. The second-order valence-corrected chi connectivity index (χ2v) is 8.34. The normalized spacial score (nSPS) is 22.5. The van der Waals surface area contributed by atoms with Gasteiger partial charge in [-0.1, -0.05) is 20.3 Å². The Bertz CT molecular complexity index is 440. The summed E-state index contributed by atoms with van der Waals surface area (Å²) >= 11 is 0. The molecule has 124 valence electrons. The van der Waals surface area contributed by atoms with Gasteiger partial charge in [-0.2, -0.15) is 4.31 Å². The van der Waals surface area contributed by atoms with Crippen LogP contribution in [0.5, 0.6) is 0 Å². The van der Waals surface area contributed by atoms with Crippen molar-refractivity contribution in [2.75, 3.05) is 33.4 Å². The Hall–Kier alpha value is -0.660. The van der Waals surface area contributed by atoms with Crippen molar-refractivity contribution in [3.8, 4) is 0 Å². The first-order valence-electron chi connectivity index (χ1n) is 7.55. The number of carbonyl (C=O) groups is 1. The molecule has 0 aromatic heterocycles. The Morgan fingerprint density at radius 3 is 2.43 bits per heavy atom. The molecule has 0 spiro atoms. The van der Waals surface area contributed by atoms with Gasteiger partial charge in [0.1, 0.15) is 6.04 Å². The van der Waals surface area contributed by atoms with E-state index in [0.29, 0.717) is 25.4 Å². The molecule has 0 bridgehead atoms. The third kappa shape index (κ3) is 5.23. The highest BCUT2D eigenvalue weighted by atomic mass is 32.2. The zero-order valence-electron chi connectivity index (χ0n) is 13.8. The van der Waals surface area contributed by atoms with E-state index in [2.05, 4.69) is 24.1 Å². The van der Waals surface area contributed by atoms with Crippen LogP contribution in [-0.4, -0.2) is 69.1 Å². The number of piperidine rings is 1. The summed E-state index contributed by atoms with van der Waals surface area (Å²) in [4.78, 5) is 14.5. The molecule has 0 aromatic rings. The van der Waals surface area contributed by atoms with E-state index in [0.717, 1.165) is 12.8 Å². The fourth-order valence-electron chi connectivity index (χ4n) is 2.90. The lowest BCUT2D eigenvalue weighted by molar-refractivity contribution is -0.126. The summed E-state index contributed by atoms with van der Waals surface area (Å²) in [6.07, 6.45) is 3.50. The molecule has 1 heterocycles. The SMILES string of the molecule is CC(C)[C@@H](CNC(=O)[C@@H]1CCCCN1S(C)(=O)=O)N(C)C. The molecule has 1 aliphatic rings. The van der Waals surface area contributed by atoms with Crippen LogP contribution in [0.15, 0.2) is 0 Å². The molecule has 0 radical (unpaired) electrons. The fraction of sp³-hybridized carbons (Fsp3) is 0.929. The van der Waals surface area contributed by atoms with Crippen LogP contribution < -0.4 is 5.32 Å². The van der Waals surface area contributed by atoms with Crippen LogP contribution in [0.1, 0.15) is 33.1 Å². The zero-order valence-corrected chi connectivity index (χ0v) is 14.6. The number of likely N-dealkylation sites (N-methyl/N-ethyl adjacent to an activating group) is 1. The van der Waals surface area contributed by atoms with E-state index in [9.17, 15) is 13.2 Å². The number of hydrogen-bond donors (Lipinski definition) is 1. The van der Waals surface area contributed by atoms with Gasteiger partial charge in [-0.3, -0.25) is 4.79 Å². The van der Waals surface area contributed by atoms with Gasteiger partial charge in [-0.05, 0) is 32.9 Å². The molecule has 0 saturated carbocycles. The van der Waals surface area contributed by atoms with Crippen molar-refractivity contribution in [1.82, 2.24) is 14.5 Å². The minimum atomic E-state index is -3.33. The molecule has 2 atom stereocenters. The topological polar surface area (TPSA) is 69.7 Å². The van der Waals surface area contributed by atoms with Crippen molar-refractivity contribution < 1.29 is 13.2 Å². The lowest BCUT2D eigenvalue weighted by atomic mass is 10.0. The van der Waals surface area contributed by atoms with Crippen molar-refractivity contribution in [3.63, 3.8) is 0 Å². The molecule has 21 heavy (non-hydrogen) atoms.